The minimum absolute atomic E-state index is 0.314. The first-order valence-corrected chi connectivity index (χ1v) is 7.99. The number of hydrogen-bond acceptors (Lipinski definition) is 4. The maximum Gasteiger partial charge on any atom is 0.0576 e. The summed E-state index contributed by atoms with van der Waals surface area (Å²) in [7, 11) is 1.95. The van der Waals surface area contributed by atoms with Gasteiger partial charge < -0.3 is 5.73 Å². The molecule has 0 spiro atoms. The van der Waals surface area contributed by atoms with E-state index in [1.165, 1.54) is 28.3 Å². The van der Waals surface area contributed by atoms with Crippen molar-refractivity contribution in [2.75, 3.05) is 13.1 Å². The van der Waals surface area contributed by atoms with E-state index in [1.54, 1.807) is 0 Å². The Kier molecular flexibility index (Phi) is 3.92. The van der Waals surface area contributed by atoms with Gasteiger partial charge in [0.2, 0.25) is 0 Å². The van der Waals surface area contributed by atoms with E-state index in [9.17, 15) is 0 Å². The first-order chi connectivity index (χ1) is 9.61. The number of nitrogens with zero attached hydrogens (tertiary/aromatic N) is 3. The molecule has 1 aliphatic heterocycles. The van der Waals surface area contributed by atoms with E-state index in [0.717, 1.165) is 13.1 Å². The van der Waals surface area contributed by atoms with Gasteiger partial charge in [0.05, 0.1) is 6.20 Å². The van der Waals surface area contributed by atoms with Crippen LogP contribution in [0.1, 0.15) is 18.2 Å². The van der Waals surface area contributed by atoms with E-state index in [-0.39, 0.29) is 0 Å². The van der Waals surface area contributed by atoms with Gasteiger partial charge in [-0.3, -0.25) is 9.58 Å². The summed E-state index contributed by atoms with van der Waals surface area (Å²) >= 11 is 1.87. The number of aryl methyl sites for hydroxylation is 1. The molecule has 1 fully saturated rings. The Hall–Kier alpha value is -1.17. The average Bonchev–Trinajstić information content (AvgIpc) is 3.09. The van der Waals surface area contributed by atoms with Gasteiger partial charge in [0, 0.05) is 47.7 Å². The minimum Gasteiger partial charge on any atom is -0.328 e. The molecule has 3 heterocycles. The fourth-order valence-corrected chi connectivity index (χ4v) is 3.85. The highest BCUT2D eigenvalue weighted by molar-refractivity contribution is 7.15. The molecular formula is C15H22N4S. The van der Waals surface area contributed by atoms with Gasteiger partial charge in [0.1, 0.15) is 0 Å². The van der Waals surface area contributed by atoms with Crippen molar-refractivity contribution in [2.45, 2.75) is 25.9 Å². The van der Waals surface area contributed by atoms with Crippen LogP contribution in [0.2, 0.25) is 0 Å². The molecule has 0 aliphatic carbocycles. The Labute approximate surface area is 124 Å². The summed E-state index contributed by atoms with van der Waals surface area (Å²) in [4.78, 5) is 5.25. The number of aromatic nitrogens is 2. The van der Waals surface area contributed by atoms with E-state index >= 15 is 0 Å². The molecular weight excluding hydrogens is 268 g/mol. The Morgan fingerprint density at radius 1 is 1.50 bits per heavy atom. The topological polar surface area (TPSA) is 47.1 Å². The fourth-order valence-electron chi connectivity index (χ4n) is 2.82. The Balaban J connectivity index is 1.63. The SMILES string of the molecule is CC(N)C1CCN(Cc2ccc(-c3cnn(C)c3)s2)C1. The Morgan fingerprint density at radius 3 is 3.00 bits per heavy atom. The predicted octanol–water partition coefficient (Wildman–Crippen LogP) is 2.32. The summed E-state index contributed by atoms with van der Waals surface area (Å²) in [6.07, 6.45) is 5.23. The fraction of sp³-hybridized carbons (Fsp3) is 0.533. The second-order valence-corrected chi connectivity index (χ2v) is 6.98. The third-order valence-electron chi connectivity index (χ3n) is 4.08. The van der Waals surface area contributed by atoms with Gasteiger partial charge in [-0.05, 0) is 37.9 Å². The molecule has 0 radical (unpaired) electrons. The van der Waals surface area contributed by atoms with Crippen LogP contribution >= 0.6 is 11.3 Å². The third kappa shape index (κ3) is 2.95. The van der Waals surface area contributed by atoms with Crippen molar-refractivity contribution in [3.8, 4) is 10.4 Å². The molecule has 2 unspecified atom stereocenters. The van der Waals surface area contributed by atoms with E-state index in [2.05, 4.69) is 35.3 Å². The van der Waals surface area contributed by atoms with Gasteiger partial charge in [0.15, 0.2) is 0 Å². The van der Waals surface area contributed by atoms with Gasteiger partial charge in [-0.1, -0.05) is 0 Å². The monoisotopic (exact) mass is 290 g/mol. The molecule has 0 amide bonds. The van der Waals surface area contributed by atoms with Gasteiger partial charge >= 0.3 is 0 Å². The lowest BCUT2D eigenvalue weighted by Crippen LogP contribution is -2.29. The third-order valence-corrected chi connectivity index (χ3v) is 5.20. The van der Waals surface area contributed by atoms with Crippen LogP contribution in [0, 0.1) is 5.92 Å². The molecule has 0 aromatic carbocycles. The maximum absolute atomic E-state index is 6.00. The summed E-state index contributed by atoms with van der Waals surface area (Å²) in [6.45, 7) is 5.48. The molecule has 4 nitrogen and oxygen atoms in total. The molecule has 2 N–H and O–H groups in total. The van der Waals surface area contributed by atoms with E-state index < -0.39 is 0 Å². The highest BCUT2D eigenvalue weighted by Crippen LogP contribution is 2.29. The smallest absolute Gasteiger partial charge is 0.0576 e. The molecule has 2 aromatic heterocycles. The van der Waals surface area contributed by atoms with Crippen LogP contribution in [0.5, 0.6) is 0 Å². The maximum atomic E-state index is 6.00. The quantitative estimate of drug-likeness (QED) is 0.940. The van der Waals surface area contributed by atoms with E-state index in [0.29, 0.717) is 12.0 Å². The minimum atomic E-state index is 0.314. The normalized spacial score (nSPS) is 21.4. The molecule has 0 bridgehead atoms. The summed E-state index contributed by atoms with van der Waals surface area (Å²) in [5, 5.41) is 4.23. The second-order valence-electron chi connectivity index (χ2n) is 5.81. The number of nitrogens with two attached hydrogens (primary N) is 1. The van der Waals surface area contributed by atoms with Crippen molar-refractivity contribution < 1.29 is 0 Å². The van der Waals surface area contributed by atoms with Crippen LogP contribution in [-0.4, -0.2) is 33.8 Å². The first kappa shape index (κ1) is 13.8. The van der Waals surface area contributed by atoms with Crippen LogP contribution in [-0.2, 0) is 13.6 Å². The van der Waals surface area contributed by atoms with Gasteiger partial charge in [0.25, 0.3) is 0 Å². The van der Waals surface area contributed by atoms with Crippen molar-refractivity contribution in [3.05, 3.63) is 29.4 Å². The summed E-state index contributed by atoms with van der Waals surface area (Å²) in [5.74, 6) is 0.660. The lowest BCUT2D eigenvalue weighted by Gasteiger charge is -2.16. The highest BCUT2D eigenvalue weighted by Gasteiger charge is 2.25. The van der Waals surface area contributed by atoms with Crippen LogP contribution in [0.4, 0.5) is 0 Å². The van der Waals surface area contributed by atoms with Gasteiger partial charge in [-0.15, -0.1) is 11.3 Å². The van der Waals surface area contributed by atoms with Crippen LogP contribution in [0.15, 0.2) is 24.5 Å². The first-order valence-electron chi connectivity index (χ1n) is 7.17. The molecule has 1 aliphatic rings. The summed E-state index contributed by atoms with van der Waals surface area (Å²) in [6, 6.07) is 4.76. The number of rotatable bonds is 4. The Morgan fingerprint density at radius 2 is 2.35 bits per heavy atom. The standard InChI is InChI=1S/C15H22N4S/c1-11(16)12-5-6-19(9-12)10-14-3-4-15(20-14)13-7-17-18(2)8-13/h3-4,7-8,11-12H,5-6,9-10,16H2,1-2H3. The van der Waals surface area contributed by atoms with Gasteiger partial charge in [-0.2, -0.15) is 5.10 Å². The average molecular weight is 290 g/mol. The molecule has 0 saturated carbocycles. The highest BCUT2D eigenvalue weighted by atomic mass is 32.1. The van der Waals surface area contributed by atoms with E-state index in [4.69, 9.17) is 5.73 Å². The zero-order valence-corrected chi connectivity index (χ0v) is 12.9. The van der Waals surface area contributed by atoms with Crippen LogP contribution in [0.25, 0.3) is 10.4 Å². The van der Waals surface area contributed by atoms with Crippen molar-refractivity contribution >= 4 is 11.3 Å². The Bertz CT molecular complexity index is 572. The van der Waals surface area contributed by atoms with Crippen molar-refractivity contribution in [1.82, 2.24) is 14.7 Å². The van der Waals surface area contributed by atoms with Crippen LogP contribution < -0.4 is 5.73 Å². The zero-order valence-electron chi connectivity index (χ0n) is 12.1. The lowest BCUT2D eigenvalue weighted by molar-refractivity contribution is 0.311. The molecule has 3 rings (SSSR count). The summed E-state index contributed by atoms with van der Waals surface area (Å²) in [5.41, 5.74) is 7.21. The predicted molar refractivity (Wildman–Crippen MR) is 83.6 cm³/mol. The lowest BCUT2D eigenvalue weighted by atomic mass is 10.0. The molecule has 2 aromatic rings. The number of thiophene rings is 1. The molecule has 2 atom stereocenters. The van der Waals surface area contributed by atoms with Crippen molar-refractivity contribution in [1.29, 1.82) is 0 Å². The number of hydrogen-bond donors (Lipinski definition) is 1. The molecule has 20 heavy (non-hydrogen) atoms. The van der Waals surface area contributed by atoms with E-state index in [1.807, 2.05) is 29.3 Å². The number of likely N-dealkylation sites (tertiary alicyclic amines) is 1. The molecule has 1 saturated heterocycles. The largest absolute Gasteiger partial charge is 0.328 e. The van der Waals surface area contributed by atoms with Crippen molar-refractivity contribution in [3.63, 3.8) is 0 Å². The molecule has 5 heteroatoms. The second kappa shape index (κ2) is 5.68. The van der Waals surface area contributed by atoms with Gasteiger partial charge in [-0.25, -0.2) is 0 Å². The summed E-state index contributed by atoms with van der Waals surface area (Å²) < 4.78 is 1.85. The molecule has 108 valence electrons. The van der Waals surface area contributed by atoms with Crippen molar-refractivity contribution in [2.24, 2.45) is 18.7 Å². The van der Waals surface area contributed by atoms with Crippen LogP contribution in [0.3, 0.4) is 0 Å². The zero-order chi connectivity index (χ0) is 14.1.